The van der Waals surface area contributed by atoms with Crippen LogP contribution in [0.25, 0.3) is 0 Å². The fourth-order valence-electron chi connectivity index (χ4n) is 2.23. The maximum Gasteiger partial charge on any atom is 0.332 e. The van der Waals surface area contributed by atoms with E-state index in [0.29, 0.717) is 18.8 Å². The van der Waals surface area contributed by atoms with Gasteiger partial charge in [-0.3, -0.25) is 0 Å². The molecule has 2 rings (SSSR count). The van der Waals surface area contributed by atoms with Gasteiger partial charge in [-0.15, -0.1) is 0 Å². The first-order valence-corrected chi connectivity index (χ1v) is 6.69. The SMILES string of the molecule is CNCc1cccc(NC(=O)NC2(C(=O)O)CCOC2)c1. The van der Waals surface area contributed by atoms with Gasteiger partial charge in [-0.25, -0.2) is 9.59 Å². The predicted octanol–water partition coefficient (Wildman–Crippen LogP) is 0.771. The van der Waals surface area contributed by atoms with E-state index < -0.39 is 17.5 Å². The van der Waals surface area contributed by atoms with Crippen molar-refractivity contribution in [1.82, 2.24) is 10.6 Å². The van der Waals surface area contributed by atoms with Crippen LogP contribution in [0.2, 0.25) is 0 Å². The largest absolute Gasteiger partial charge is 0.479 e. The third kappa shape index (κ3) is 3.71. The second kappa shape index (κ2) is 6.55. The summed E-state index contributed by atoms with van der Waals surface area (Å²) in [6, 6.07) is 6.78. The summed E-state index contributed by atoms with van der Waals surface area (Å²) >= 11 is 0. The van der Waals surface area contributed by atoms with Crippen LogP contribution in [0.1, 0.15) is 12.0 Å². The van der Waals surface area contributed by atoms with Crippen molar-refractivity contribution in [3.63, 3.8) is 0 Å². The lowest BCUT2D eigenvalue weighted by atomic mass is 9.99. The molecule has 7 nitrogen and oxygen atoms in total. The molecule has 1 aliphatic rings. The molecule has 1 aromatic carbocycles. The predicted molar refractivity (Wildman–Crippen MR) is 77.2 cm³/mol. The Hall–Kier alpha value is -2.12. The molecule has 7 heteroatoms. The van der Waals surface area contributed by atoms with Gasteiger partial charge in [-0.05, 0) is 24.7 Å². The van der Waals surface area contributed by atoms with Gasteiger partial charge >= 0.3 is 12.0 Å². The number of benzene rings is 1. The van der Waals surface area contributed by atoms with Crippen molar-refractivity contribution < 1.29 is 19.4 Å². The molecule has 1 atom stereocenters. The zero-order valence-corrected chi connectivity index (χ0v) is 11.8. The number of aliphatic carboxylic acids is 1. The van der Waals surface area contributed by atoms with Crippen molar-refractivity contribution >= 4 is 17.7 Å². The molecule has 114 valence electrons. The van der Waals surface area contributed by atoms with Crippen LogP contribution >= 0.6 is 0 Å². The third-order valence-corrected chi connectivity index (χ3v) is 3.35. The van der Waals surface area contributed by atoms with Crippen molar-refractivity contribution in [2.24, 2.45) is 0 Å². The zero-order valence-electron chi connectivity index (χ0n) is 11.8. The highest BCUT2D eigenvalue weighted by atomic mass is 16.5. The maximum atomic E-state index is 12.0. The van der Waals surface area contributed by atoms with E-state index in [0.717, 1.165) is 5.56 Å². The van der Waals surface area contributed by atoms with E-state index in [1.54, 1.807) is 6.07 Å². The minimum Gasteiger partial charge on any atom is -0.479 e. The number of urea groups is 1. The summed E-state index contributed by atoms with van der Waals surface area (Å²) in [5, 5.41) is 17.4. The molecule has 1 aliphatic heterocycles. The maximum absolute atomic E-state index is 12.0. The van der Waals surface area contributed by atoms with Gasteiger partial charge in [0.1, 0.15) is 0 Å². The summed E-state index contributed by atoms with van der Waals surface area (Å²) in [5.74, 6) is -1.08. The number of carboxylic acid groups (broad SMARTS) is 1. The van der Waals surface area contributed by atoms with Gasteiger partial charge in [0.2, 0.25) is 0 Å². The first-order valence-electron chi connectivity index (χ1n) is 6.69. The monoisotopic (exact) mass is 293 g/mol. The fraction of sp³-hybridized carbons (Fsp3) is 0.429. The first kappa shape index (κ1) is 15.3. The van der Waals surface area contributed by atoms with Crippen molar-refractivity contribution in [2.45, 2.75) is 18.5 Å². The zero-order chi connectivity index (χ0) is 15.3. The molecule has 1 aromatic rings. The minimum absolute atomic E-state index is 0.0183. The summed E-state index contributed by atoms with van der Waals surface area (Å²) in [7, 11) is 1.84. The van der Waals surface area contributed by atoms with Crippen LogP contribution < -0.4 is 16.0 Å². The highest BCUT2D eigenvalue weighted by Gasteiger charge is 2.44. The second-order valence-corrected chi connectivity index (χ2v) is 5.00. The van der Waals surface area contributed by atoms with Crippen LogP contribution in [-0.4, -0.2) is 42.9 Å². The number of hydrogen-bond donors (Lipinski definition) is 4. The molecule has 0 aromatic heterocycles. The number of carbonyl (C=O) groups excluding carboxylic acids is 1. The van der Waals surface area contributed by atoms with Crippen molar-refractivity contribution in [3.05, 3.63) is 29.8 Å². The van der Waals surface area contributed by atoms with E-state index in [2.05, 4.69) is 16.0 Å². The molecule has 0 saturated carbocycles. The van der Waals surface area contributed by atoms with Crippen LogP contribution in [-0.2, 0) is 16.1 Å². The highest BCUT2D eigenvalue weighted by molar-refractivity contribution is 5.94. The number of rotatable bonds is 5. The van der Waals surface area contributed by atoms with E-state index in [-0.39, 0.29) is 13.0 Å². The molecule has 1 saturated heterocycles. The van der Waals surface area contributed by atoms with Gasteiger partial charge in [0.25, 0.3) is 0 Å². The van der Waals surface area contributed by atoms with Crippen LogP contribution in [0.3, 0.4) is 0 Å². The molecule has 1 fully saturated rings. The number of carboxylic acids is 1. The summed E-state index contributed by atoms with van der Waals surface area (Å²) in [5.41, 5.74) is 0.291. The van der Waals surface area contributed by atoms with E-state index in [9.17, 15) is 14.7 Å². The van der Waals surface area contributed by atoms with Crippen LogP contribution in [0.5, 0.6) is 0 Å². The number of nitrogens with one attached hydrogen (secondary N) is 3. The summed E-state index contributed by atoms with van der Waals surface area (Å²) < 4.78 is 5.09. The molecule has 0 aliphatic carbocycles. The molecular weight excluding hydrogens is 274 g/mol. The smallest absolute Gasteiger partial charge is 0.332 e. The molecule has 0 spiro atoms. The Balaban J connectivity index is 2.01. The van der Waals surface area contributed by atoms with Crippen LogP contribution in [0.15, 0.2) is 24.3 Å². The van der Waals surface area contributed by atoms with Crippen LogP contribution in [0, 0.1) is 0 Å². The second-order valence-electron chi connectivity index (χ2n) is 5.00. The Morgan fingerprint density at radius 3 is 2.86 bits per heavy atom. The number of anilines is 1. The number of amides is 2. The van der Waals surface area contributed by atoms with Gasteiger partial charge in [0.05, 0.1) is 6.61 Å². The average Bonchev–Trinajstić information content (AvgIpc) is 2.89. The average molecular weight is 293 g/mol. The lowest BCUT2D eigenvalue weighted by Crippen LogP contribution is -2.56. The number of ether oxygens (including phenoxy) is 1. The van der Waals surface area contributed by atoms with Gasteiger partial charge in [0, 0.05) is 25.3 Å². The van der Waals surface area contributed by atoms with E-state index in [4.69, 9.17) is 4.74 Å². The Morgan fingerprint density at radius 1 is 1.43 bits per heavy atom. The topological polar surface area (TPSA) is 99.7 Å². The standard InChI is InChI=1S/C14H19N3O4/c1-15-8-10-3-2-4-11(7-10)16-13(20)17-14(12(18)19)5-6-21-9-14/h2-4,7,15H,5-6,8-9H2,1H3,(H,18,19)(H2,16,17,20). The first-order chi connectivity index (χ1) is 10.1. The van der Waals surface area contributed by atoms with Gasteiger partial charge < -0.3 is 25.8 Å². The molecular formula is C14H19N3O4. The quantitative estimate of drug-likeness (QED) is 0.642. The van der Waals surface area contributed by atoms with Gasteiger partial charge in [-0.2, -0.15) is 0 Å². The molecule has 0 bridgehead atoms. The van der Waals surface area contributed by atoms with Gasteiger partial charge in [0.15, 0.2) is 5.54 Å². The molecule has 2 amide bonds. The number of carbonyl (C=O) groups is 2. The molecule has 4 N–H and O–H groups in total. The summed E-state index contributed by atoms with van der Waals surface area (Å²) in [6.07, 6.45) is 0.259. The fourth-order valence-corrected chi connectivity index (χ4v) is 2.23. The Labute approximate surface area is 122 Å². The lowest BCUT2D eigenvalue weighted by molar-refractivity contribution is -0.144. The lowest BCUT2D eigenvalue weighted by Gasteiger charge is -2.23. The van der Waals surface area contributed by atoms with Crippen molar-refractivity contribution in [1.29, 1.82) is 0 Å². The molecule has 21 heavy (non-hydrogen) atoms. The number of hydrogen-bond acceptors (Lipinski definition) is 4. The van der Waals surface area contributed by atoms with E-state index >= 15 is 0 Å². The minimum atomic E-state index is -1.34. The normalized spacial score (nSPS) is 21.0. The molecule has 1 unspecified atom stereocenters. The Bertz CT molecular complexity index is 527. The third-order valence-electron chi connectivity index (χ3n) is 3.35. The molecule has 1 heterocycles. The van der Waals surface area contributed by atoms with Crippen molar-refractivity contribution in [3.8, 4) is 0 Å². The highest BCUT2D eigenvalue weighted by Crippen LogP contribution is 2.19. The van der Waals surface area contributed by atoms with E-state index in [1.807, 2.05) is 25.2 Å². The summed E-state index contributed by atoms with van der Waals surface area (Å²) in [4.78, 5) is 23.3. The van der Waals surface area contributed by atoms with E-state index in [1.165, 1.54) is 0 Å². The molecule has 0 radical (unpaired) electrons. The Morgan fingerprint density at radius 2 is 2.24 bits per heavy atom. The Kier molecular flexibility index (Phi) is 4.77. The van der Waals surface area contributed by atoms with Gasteiger partial charge in [-0.1, -0.05) is 12.1 Å². The van der Waals surface area contributed by atoms with Crippen LogP contribution in [0.4, 0.5) is 10.5 Å². The van der Waals surface area contributed by atoms with Crippen molar-refractivity contribution in [2.75, 3.05) is 25.6 Å². The summed E-state index contributed by atoms with van der Waals surface area (Å²) in [6.45, 7) is 0.990.